The summed E-state index contributed by atoms with van der Waals surface area (Å²) in [7, 11) is 0. The summed E-state index contributed by atoms with van der Waals surface area (Å²) >= 11 is 1.60. The van der Waals surface area contributed by atoms with Gasteiger partial charge in [0, 0.05) is 4.90 Å². The number of thioether (sulfide) groups is 1. The Hall–Kier alpha value is -2.58. The summed E-state index contributed by atoms with van der Waals surface area (Å²) in [5.41, 5.74) is 0.515. The number of hydrogen-bond donors (Lipinski definition) is 0. The van der Waals surface area contributed by atoms with Gasteiger partial charge in [-0.3, -0.25) is 9.36 Å². The van der Waals surface area contributed by atoms with Gasteiger partial charge in [-0.15, -0.1) is 11.8 Å². The summed E-state index contributed by atoms with van der Waals surface area (Å²) in [6.07, 6.45) is 0. The summed E-state index contributed by atoms with van der Waals surface area (Å²) in [5.74, 6) is 1.17. The number of nitrogens with zero attached hydrogens (tertiary/aromatic N) is 3. The highest BCUT2D eigenvalue weighted by molar-refractivity contribution is 7.98. The second-order valence-corrected chi connectivity index (χ2v) is 5.75. The van der Waals surface area contributed by atoms with Crippen LogP contribution in [-0.4, -0.2) is 9.55 Å². The number of para-hydroxylation sites is 1. The Balaban J connectivity index is 2.02. The Morgan fingerprint density at radius 2 is 1.82 bits per heavy atom. The maximum absolute atomic E-state index is 12.5. The smallest absolute Gasteiger partial charge is 0.262 e. The van der Waals surface area contributed by atoms with Crippen LogP contribution < -0.4 is 5.56 Å². The van der Waals surface area contributed by atoms with Crippen LogP contribution in [0.4, 0.5) is 0 Å². The highest BCUT2D eigenvalue weighted by Gasteiger charge is 2.10. The predicted molar refractivity (Wildman–Crippen MR) is 87.6 cm³/mol. The van der Waals surface area contributed by atoms with Gasteiger partial charge in [-0.1, -0.05) is 30.3 Å². The molecule has 0 saturated carbocycles. The number of aromatic nitrogens is 2. The van der Waals surface area contributed by atoms with Crippen LogP contribution in [0.15, 0.2) is 64.3 Å². The second kappa shape index (κ2) is 6.46. The largest absolute Gasteiger partial charge is 0.281 e. The SMILES string of the molecule is N#CCn1c(CSc2ccccc2)nc2ccccc2c1=O. The maximum atomic E-state index is 12.5. The molecular formula is C17H13N3OS. The van der Waals surface area contributed by atoms with Crippen LogP contribution in [0.3, 0.4) is 0 Å². The van der Waals surface area contributed by atoms with E-state index in [0.717, 1.165) is 4.90 Å². The molecule has 3 rings (SSSR count). The second-order valence-electron chi connectivity index (χ2n) is 4.70. The standard InChI is InChI=1S/C17H13N3OS/c18-10-11-20-16(12-22-13-6-2-1-3-7-13)19-15-9-5-4-8-14(15)17(20)21/h1-9H,11-12H2. The molecular weight excluding hydrogens is 294 g/mol. The number of nitriles is 1. The third-order valence-electron chi connectivity index (χ3n) is 3.28. The van der Waals surface area contributed by atoms with Crippen molar-refractivity contribution in [3.63, 3.8) is 0 Å². The quantitative estimate of drug-likeness (QED) is 0.694. The van der Waals surface area contributed by atoms with E-state index in [2.05, 4.69) is 4.98 Å². The third-order valence-corrected chi connectivity index (χ3v) is 4.29. The first-order valence-corrected chi connectivity index (χ1v) is 7.81. The van der Waals surface area contributed by atoms with Crippen LogP contribution >= 0.6 is 11.8 Å². The molecule has 0 saturated heterocycles. The zero-order valence-corrected chi connectivity index (χ0v) is 12.6. The molecule has 0 atom stereocenters. The van der Waals surface area contributed by atoms with Gasteiger partial charge in [-0.05, 0) is 24.3 Å². The highest BCUT2D eigenvalue weighted by Crippen LogP contribution is 2.21. The van der Waals surface area contributed by atoms with Gasteiger partial charge in [0.25, 0.3) is 5.56 Å². The first-order chi connectivity index (χ1) is 10.8. The fourth-order valence-corrected chi connectivity index (χ4v) is 3.09. The highest BCUT2D eigenvalue weighted by atomic mass is 32.2. The van der Waals surface area contributed by atoms with Crippen molar-refractivity contribution in [2.24, 2.45) is 0 Å². The van der Waals surface area contributed by atoms with Crippen molar-refractivity contribution in [2.75, 3.05) is 0 Å². The van der Waals surface area contributed by atoms with Crippen LogP contribution in [0, 0.1) is 11.3 Å². The van der Waals surface area contributed by atoms with Crippen molar-refractivity contribution in [2.45, 2.75) is 17.2 Å². The van der Waals surface area contributed by atoms with Gasteiger partial charge < -0.3 is 0 Å². The molecule has 0 bridgehead atoms. The predicted octanol–water partition coefficient (Wildman–Crippen LogP) is 3.21. The average Bonchev–Trinajstić information content (AvgIpc) is 2.57. The maximum Gasteiger partial charge on any atom is 0.262 e. The van der Waals surface area contributed by atoms with Gasteiger partial charge in [-0.25, -0.2) is 4.98 Å². The van der Waals surface area contributed by atoms with Crippen molar-refractivity contribution < 1.29 is 0 Å². The molecule has 0 amide bonds. The lowest BCUT2D eigenvalue weighted by Gasteiger charge is -2.10. The van der Waals surface area contributed by atoms with E-state index in [0.29, 0.717) is 22.5 Å². The normalized spacial score (nSPS) is 10.5. The van der Waals surface area contributed by atoms with Crippen LogP contribution in [0.25, 0.3) is 10.9 Å². The van der Waals surface area contributed by atoms with Gasteiger partial charge in [0.2, 0.25) is 0 Å². The lowest BCUT2D eigenvalue weighted by atomic mass is 10.2. The molecule has 108 valence electrons. The minimum atomic E-state index is -0.157. The van der Waals surface area contributed by atoms with E-state index in [1.807, 2.05) is 48.5 Å². The lowest BCUT2D eigenvalue weighted by molar-refractivity contribution is 0.730. The van der Waals surface area contributed by atoms with Crippen LogP contribution in [0.2, 0.25) is 0 Å². The average molecular weight is 307 g/mol. The molecule has 0 aliphatic heterocycles. The zero-order valence-electron chi connectivity index (χ0n) is 11.8. The summed E-state index contributed by atoms with van der Waals surface area (Å²) in [6, 6.07) is 19.2. The number of benzene rings is 2. The molecule has 0 unspecified atom stereocenters. The first-order valence-electron chi connectivity index (χ1n) is 6.83. The van der Waals surface area contributed by atoms with Crippen molar-refractivity contribution in [3.8, 4) is 6.07 Å². The molecule has 4 nitrogen and oxygen atoms in total. The van der Waals surface area contributed by atoms with E-state index in [-0.39, 0.29) is 12.1 Å². The molecule has 3 aromatic rings. The van der Waals surface area contributed by atoms with Crippen LogP contribution in [0.5, 0.6) is 0 Å². The summed E-state index contributed by atoms with van der Waals surface area (Å²) in [5, 5.41) is 9.53. The zero-order chi connectivity index (χ0) is 15.4. The number of hydrogen-bond acceptors (Lipinski definition) is 4. The van der Waals surface area contributed by atoms with Crippen molar-refractivity contribution >= 4 is 22.7 Å². The van der Waals surface area contributed by atoms with Gasteiger partial charge in [-0.2, -0.15) is 5.26 Å². The van der Waals surface area contributed by atoms with E-state index < -0.39 is 0 Å². The van der Waals surface area contributed by atoms with Gasteiger partial charge in [0.05, 0.1) is 22.7 Å². The molecule has 0 spiro atoms. The van der Waals surface area contributed by atoms with E-state index in [9.17, 15) is 4.79 Å². The van der Waals surface area contributed by atoms with Gasteiger partial charge >= 0.3 is 0 Å². The van der Waals surface area contributed by atoms with Crippen LogP contribution in [-0.2, 0) is 12.3 Å². The van der Waals surface area contributed by atoms with Gasteiger partial charge in [0.15, 0.2) is 0 Å². The summed E-state index contributed by atoms with van der Waals surface area (Å²) in [4.78, 5) is 18.2. The van der Waals surface area contributed by atoms with Crippen molar-refractivity contribution in [3.05, 3.63) is 70.8 Å². The van der Waals surface area contributed by atoms with E-state index in [4.69, 9.17) is 5.26 Å². The topological polar surface area (TPSA) is 58.7 Å². The Labute approximate surface area is 132 Å². The molecule has 0 aliphatic rings. The van der Waals surface area contributed by atoms with Crippen LogP contribution in [0.1, 0.15) is 5.82 Å². The number of rotatable bonds is 4. The molecule has 1 aromatic heterocycles. The fourth-order valence-electron chi connectivity index (χ4n) is 2.22. The van der Waals surface area contributed by atoms with Gasteiger partial charge in [0.1, 0.15) is 12.4 Å². The fraction of sp³-hybridized carbons (Fsp3) is 0.118. The Bertz CT molecular complexity index is 897. The minimum absolute atomic E-state index is 0.0152. The molecule has 0 radical (unpaired) electrons. The Morgan fingerprint density at radius 3 is 2.59 bits per heavy atom. The van der Waals surface area contributed by atoms with Crippen molar-refractivity contribution in [1.82, 2.24) is 9.55 Å². The third kappa shape index (κ3) is 2.87. The molecule has 2 aromatic carbocycles. The van der Waals surface area contributed by atoms with E-state index in [1.54, 1.807) is 23.9 Å². The Morgan fingerprint density at radius 1 is 1.09 bits per heavy atom. The first kappa shape index (κ1) is 14.4. The van der Waals surface area contributed by atoms with E-state index >= 15 is 0 Å². The molecule has 0 N–H and O–H groups in total. The summed E-state index contributed by atoms with van der Waals surface area (Å²) in [6.45, 7) is 0.0152. The summed E-state index contributed by atoms with van der Waals surface area (Å²) < 4.78 is 1.46. The molecule has 0 fully saturated rings. The van der Waals surface area contributed by atoms with E-state index in [1.165, 1.54) is 4.57 Å². The van der Waals surface area contributed by atoms with Crippen molar-refractivity contribution in [1.29, 1.82) is 5.26 Å². The molecule has 1 heterocycles. The molecule has 5 heteroatoms. The lowest BCUT2D eigenvalue weighted by Crippen LogP contribution is -2.24. The monoisotopic (exact) mass is 307 g/mol. The molecule has 0 aliphatic carbocycles. The minimum Gasteiger partial charge on any atom is -0.281 e. The Kier molecular flexibility index (Phi) is 4.22. The number of fused-ring (bicyclic) bond motifs is 1. The molecule has 22 heavy (non-hydrogen) atoms.